The van der Waals surface area contributed by atoms with E-state index in [1.807, 2.05) is 6.07 Å². The maximum Gasteiger partial charge on any atom is 0.439 e. The van der Waals surface area contributed by atoms with Gasteiger partial charge in [0.1, 0.15) is 11.3 Å². The highest BCUT2D eigenvalue weighted by molar-refractivity contribution is 5.86. The summed E-state index contributed by atoms with van der Waals surface area (Å²) in [5.74, 6) is 3.72. The van der Waals surface area contributed by atoms with E-state index in [1.54, 1.807) is 0 Å². The third kappa shape index (κ3) is 4.86. The summed E-state index contributed by atoms with van der Waals surface area (Å²) in [5.41, 5.74) is 2.76. The second-order valence-corrected chi connectivity index (χ2v) is 11.5. The van der Waals surface area contributed by atoms with Crippen molar-refractivity contribution in [2.75, 3.05) is 5.32 Å². The molecule has 38 heavy (non-hydrogen) atoms. The molecule has 2 saturated carbocycles. The fraction of sp³-hybridized carbons (Fsp3) is 0.552. The molecule has 0 spiro atoms. The summed E-state index contributed by atoms with van der Waals surface area (Å²) in [5, 5.41) is 7.58. The van der Waals surface area contributed by atoms with Crippen molar-refractivity contribution >= 4 is 17.0 Å². The summed E-state index contributed by atoms with van der Waals surface area (Å²) >= 11 is 0. The standard InChI is InChI=1S/C29H37N7O2/c1-17-12-14-20(15-13-17)16-36-23-24(30-19(3)22-10-7-11-22)31-26(27-34-29(37)38-35-27)32-25(23)33-28(36)18(2)21-8-5-4-6-9-21/h4-6,8-9,17-20,22H,7,10-16H2,1-3H3,(H,30,31,32)(H,34,35,37)/t17-,18?,19-,20-/m1/s1. The zero-order chi connectivity index (χ0) is 26.2. The summed E-state index contributed by atoms with van der Waals surface area (Å²) in [7, 11) is 0. The molecule has 0 saturated heterocycles. The van der Waals surface area contributed by atoms with Gasteiger partial charge in [0.05, 0.1) is 0 Å². The molecular weight excluding hydrogens is 478 g/mol. The number of fused-ring (bicyclic) bond motifs is 1. The Hall–Kier alpha value is -3.49. The number of benzene rings is 1. The highest BCUT2D eigenvalue weighted by Crippen LogP contribution is 2.37. The van der Waals surface area contributed by atoms with Gasteiger partial charge in [-0.25, -0.2) is 19.7 Å². The molecule has 2 atom stereocenters. The fourth-order valence-electron chi connectivity index (χ4n) is 6.04. The van der Waals surface area contributed by atoms with E-state index in [0.717, 1.165) is 29.6 Å². The van der Waals surface area contributed by atoms with Crippen LogP contribution in [0.4, 0.5) is 5.82 Å². The Morgan fingerprint density at radius 2 is 1.82 bits per heavy atom. The van der Waals surface area contributed by atoms with E-state index in [2.05, 4.69) is 65.1 Å². The number of aromatic nitrogens is 6. The van der Waals surface area contributed by atoms with Crippen molar-refractivity contribution in [1.82, 2.24) is 29.7 Å². The Kier molecular flexibility index (Phi) is 6.76. The summed E-state index contributed by atoms with van der Waals surface area (Å²) in [6, 6.07) is 10.8. The van der Waals surface area contributed by atoms with Gasteiger partial charge in [-0.2, -0.15) is 0 Å². The molecule has 0 bridgehead atoms. The van der Waals surface area contributed by atoms with Crippen LogP contribution in [0.1, 0.15) is 83.0 Å². The van der Waals surface area contributed by atoms with Crippen molar-refractivity contribution in [1.29, 1.82) is 0 Å². The Balaban J connectivity index is 1.50. The van der Waals surface area contributed by atoms with E-state index in [4.69, 9.17) is 19.5 Å². The molecule has 200 valence electrons. The first-order valence-electron chi connectivity index (χ1n) is 14.1. The highest BCUT2D eigenvalue weighted by Gasteiger charge is 2.29. The molecule has 1 aromatic carbocycles. The molecule has 0 aliphatic heterocycles. The van der Waals surface area contributed by atoms with Gasteiger partial charge in [0, 0.05) is 18.5 Å². The number of nitrogens with one attached hydrogen (secondary N) is 2. The monoisotopic (exact) mass is 515 g/mol. The van der Waals surface area contributed by atoms with E-state index in [-0.39, 0.29) is 17.8 Å². The lowest BCUT2D eigenvalue weighted by atomic mass is 9.80. The maximum atomic E-state index is 11.7. The van der Waals surface area contributed by atoms with Crippen molar-refractivity contribution in [2.45, 2.75) is 84.2 Å². The van der Waals surface area contributed by atoms with Crippen LogP contribution >= 0.6 is 0 Å². The molecule has 3 aromatic heterocycles. The largest absolute Gasteiger partial charge is 0.439 e. The Bertz CT molecular complexity index is 1440. The van der Waals surface area contributed by atoms with Gasteiger partial charge in [-0.15, -0.1) is 0 Å². The third-order valence-corrected chi connectivity index (χ3v) is 8.77. The van der Waals surface area contributed by atoms with Gasteiger partial charge < -0.3 is 9.88 Å². The predicted molar refractivity (Wildman–Crippen MR) is 147 cm³/mol. The molecule has 2 aliphatic rings. The first-order chi connectivity index (χ1) is 18.5. The van der Waals surface area contributed by atoms with Crippen LogP contribution in [0.15, 0.2) is 39.6 Å². The topological polar surface area (TPSA) is 115 Å². The molecule has 2 aliphatic carbocycles. The molecule has 4 aromatic rings. The first kappa shape index (κ1) is 24.8. The van der Waals surface area contributed by atoms with E-state index < -0.39 is 5.76 Å². The molecular formula is C29H37N7O2. The predicted octanol–water partition coefficient (Wildman–Crippen LogP) is 5.75. The molecule has 6 rings (SSSR count). The lowest BCUT2D eigenvalue weighted by Gasteiger charge is -2.32. The minimum absolute atomic E-state index is 0.0835. The number of aromatic amines is 1. The van der Waals surface area contributed by atoms with Crippen LogP contribution in [0.25, 0.3) is 22.8 Å². The van der Waals surface area contributed by atoms with Crippen LogP contribution in [-0.2, 0) is 6.54 Å². The molecule has 9 heteroatoms. The molecule has 2 fully saturated rings. The van der Waals surface area contributed by atoms with Gasteiger partial charge in [-0.05, 0) is 55.9 Å². The SMILES string of the molecule is CC(c1ccccc1)c1nc2nc(-c3noc(=O)[nH]3)nc(N[C@H](C)C3CCC3)c2n1C[C@H]1CC[C@H](C)CC1. The van der Waals surface area contributed by atoms with Crippen LogP contribution < -0.4 is 11.1 Å². The van der Waals surface area contributed by atoms with Crippen LogP contribution in [0, 0.1) is 17.8 Å². The zero-order valence-corrected chi connectivity index (χ0v) is 22.5. The van der Waals surface area contributed by atoms with Gasteiger partial charge in [0.15, 0.2) is 11.5 Å². The maximum absolute atomic E-state index is 11.7. The minimum Gasteiger partial charge on any atom is -0.365 e. The number of anilines is 1. The minimum atomic E-state index is -0.628. The normalized spacial score (nSPS) is 21.8. The fourth-order valence-corrected chi connectivity index (χ4v) is 6.04. The van der Waals surface area contributed by atoms with Crippen molar-refractivity contribution in [2.24, 2.45) is 17.8 Å². The first-order valence-corrected chi connectivity index (χ1v) is 14.1. The average Bonchev–Trinajstić information content (AvgIpc) is 3.48. The molecule has 3 heterocycles. The quantitative estimate of drug-likeness (QED) is 0.307. The molecule has 1 unspecified atom stereocenters. The van der Waals surface area contributed by atoms with Gasteiger partial charge in [0.2, 0.25) is 11.6 Å². The van der Waals surface area contributed by atoms with Crippen LogP contribution in [-0.4, -0.2) is 35.7 Å². The number of rotatable bonds is 8. The van der Waals surface area contributed by atoms with Crippen LogP contribution in [0.2, 0.25) is 0 Å². The number of H-pyrrole nitrogens is 1. The zero-order valence-electron chi connectivity index (χ0n) is 22.5. The summed E-state index contributed by atoms with van der Waals surface area (Å²) in [6.45, 7) is 7.70. The van der Waals surface area contributed by atoms with Crippen molar-refractivity contribution < 1.29 is 4.52 Å². The summed E-state index contributed by atoms with van der Waals surface area (Å²) < 4.78 is 7.14. The van der Waals surface area contributed by atoms with Crippen molar-refractivity contribution in [3.63, 3.8) is 0 Å². The van der Waals surface area contributed by atoms with Gasteiger partial charge in [-0.3, -0.25) is 9.51 Å². The molecule has 2 N–H and O–H groups in total. The smallest absolute Gasteiger partial charge is 0.365 e. The lowest BCUT2D eigenvalue weighted by Crippen LogP contribution is -2.31. The van der Waals surface area contributed by atoms with E-state index in [9.17, 15) is 4.79 Å². The number of hydrogen-bond donors (Lipinski definition) is 2. The van der Waals surface area contributed by atoms with Gasteiger partial charge >= 0.3 is 5.76 Å². The second kappa shape index (κ2) is 10.3. The highest BCUT2D eigenvalue weighted by atomic mass is 16.5. The Morgan fingerprint density at radius 1 is 1.05 bits per heavy atom. The van der Waals surface area contributed by atoms with Crippen molar-refractivity contribution in [3.05, 3.63) is 52.3 Å². The molecule has 0 radical (unpaired) electrons. The second-order valence-electron chi connectivity index (χ2n) is 11.5. The van der Waals surface area contributed by atoms with Gasteiger partial charge in [-0.1, -0.05) is 68.6 Å². The number of hydrogen-bond acceptors (Lipinski definition) is 7. The lowest BCUT2D eigenvalue weighted by molar-refractivity contribution is 0.264. The van der Waals surface area contributed by atoms with Crippen LogP contribution in [0.3, 0.4) is 0 Å². The van der Waals surface area contributed by atoms with Crippen molar-refractivity contribution in [3.8, 4) is 11.6 Å². The third-order valence-electron chi connectivity index (χ3n) is 8.77. The Labute approximate surface area is 222 Å². The van der Waals surface area contributed by atoms with E-state index >= 15 is 0 Å². The van der Waals surface area contributed by atoms with E-state index in [1.165, 1.54) is 50.5 Å². The molecule has 0 amide bonds. The summed E-state index contributed by atoms with van der Waals surface area (Å²) in [6.07, 6.45) is 8.71. The van der Waals surface area contributed by atoms with Crippen LogP contribution in [0.5, 0.6) is 0 Å². The van der Waals surface area contributed by atoms with Gasteiger partial charge in [0.25, 0.3) is 0 Å². The number of imidazole rings is 1. The molecule has 9 nitrogen and oxygen atoms in total. The summed E-state index contributed by atoms with van der Waals surface area (Å²) in [4.78, 5) is 29.1. The van der Waals surface area contributed by atoms with E-state index in [0.29, 0.717) is 23.3 Å². The Morgan fingerprint density at radius 3 is 2.47 bits per heavy atom. The average molecular weight is 516 g/mol. The number of nitrogens with zero attached hydrogens (tertiary/aromatic N) is 5.